The van der Waals surface area contributed by atoms with Gasteiger partial charge in [0.15, 0.2) is 0 Å². The third-order valence-corrected chi connectivity index (χ3v) is 3.65. The Balaban J connectivity index is 1.68. The summed E-state index contributed by atoms with van der Waals surface area (Å²) in [5.74, 6) is -0.111. The van der Waals surface area contributed by atoms with E-state index in [2.05, 4.69) is 29.5 Å². The Morgan fingerprint density at radius 3 is 2.43 bits per heavy atom. The molecule has 1 N–H and O–H groups in total. The lowest BCUT2D eigenvalue weighted by molar-refractivity contribution is 0.102. The van der Waals surface area contributed by atoms with Crippen molar-refractivity contribution >= 4 is 11.6 Å². The molecular weight excluding hydrogens is 286 g/mol. The molecule has 1 amide bonds. The zero-order valence-corrected chi connectivity index (χ0v) is 13.1. The zero-order valence-electron chi connectivity index (χ0n) is 13.1. The topological polar surface area (TPSA) is 46.9 Å². The largest absolute Gasteiger partial charge is 0.322 e. The summed E-state index contributed by atoms with van der Waals surface area (Å²) in [5, 5.41) is 7.09. The molecule has 0 unspecified atom stereocenters. The minimum Gasteiger partial charge on any atom is -0.322 e. The third kappa shape index (κ3) is 3.66. The highest BCUT2D eigenvalue weighted by Gasteiger charge is 2.06. The monoisotopic (exact) mass is 305 g/mol. The summed E-state index contributed by atoms with van der Waals surface area (Å²) >= 11 is 0. The standard InChI is InChI=1S/C19H19N3O/c1-2-4-15-5-9-17(10-6-15)21-19(23)16-7-11-18(12-8-16)22-14-3-13-20-22/h3,5-14H,2,4H2,1H3,(H,21,23). The van der Waals surface area contributed by atoms with Gasteiger partial charge in [-0.25, -0.2) is 4.68 Å². The predicted octanol–water partition coefficient (Wildman–Crippen LogP) is 4.08. The lowest BCUT2D eigenvalue weighted by Gasteiger charge is -2.07. The highest BCUT2D eigenvalue weighted by Crippen LogP contribution is 2.14. The van der Waals surface area contributed by atoms with E-state index in [9.17, 15) is 4.79 Å². The lowest BCUT2D eigenvalue weighted by Crippen LogP contribution is -2.12. The maximum absolute atomic E-state index is 12.3. The van der Waals surface area contributed by atoms with Crippen LogP contribution in [0.4, 0.5) is 5.69 Å². The van der Waals surface area contributed by atoms with Gasteiger partial charge in [0.05, 0.1) is 5.69 Å². The first-order valence-electron chi connectivity index (χ1n) is 7.76. The second-order valence-electron chi connectivity index (χ2n) is 5.40. The second-order valence-corrected chi connectivity index (χ2v) is 5.40. The van der Waals surface area contributed by atoms with Crippen LogP contribution in [0.15, 0.2) is 67.0 Å². The van der Waals surface area contributed by atoms with Crippen molar-refractivity contribution in [3.05, 3.63) is 78.1 Å². The molecule has 0 aliphatic heterocycles. The van der Waals surface area contributed by atoms with Crippen molar-refractivity contribution in [2.45, 2.75) is 19.8 Å². The Morgan fingerprint density at radius 2 is 1.83 bits per heavy atom. The first-order chi connectivity index (χ1) is 11.3. The normalized spacial score (nSPS) is 10.5. The summed E-state index contributed by atoms with van der Waals surface area (Å²) in [7, 11) is 0. The first kappa shape index (κ1) is 15.0. The fraction of sp³-hybridized carbons (Fsp3) is 0.158. The molecule has 23 heavy (non-hydrogen) atoms. The predicted molar refractivity (Wildman–Crippen MR) is 92.0 cm³/mol. The molecule has 4 heteroatoms. The highest BCUT2D eigenvalue weighted by atomic mass is 16.1. The molecule has 2 aromatic carbocycles. The maximum atomic E-state index is 12.3. The molecule has 0 saturated carbocycles. The van der Waals surface area contributed by atoms with Gasteiger partial charge in [0.25, 0.3) is 5.91 Å². The summed E-state index contributed by atoms with van der Waals surface area (Å²) in [6, 6.07) is 17.2. The summed E-state index contributed by atoms with van der Waals surface area (Å²) < 4.78 is 1.76. The number of anilines is 1. The lowest BCUT2D eigenvalue weighted by atomic mass is 10.1. The second kappa shape index (κ2) is 6.92. The van der Waals surface area contributed by atoms with Crippen LogP contribution in [0, 0.1) is 0 Å². The third-order valence-electron chi connectivity index (χ3n) is 3.65. The summed E-state index contributed by atoms with van der Waals surface area (Å²) in [5.41, 5.74) is 3.65. The van der Waals surface area contributed by atoms with Crippen LogP contribution in [-0.2, 0) is 6.42 Å². The molecule has 116 valence electrons. The average Bonchev–Trinajstić information content (AvgIpc) is 3.11. The van der Waals surface area contributed by atoms with Crippen LogP contribution in [0.25, 0.3) is 5.69 Å². The first-order valence-corrected chi connectivity index (χ1v) is 7.76. The Bertz CT molecular complexity index is 759. The van der Waals surface area contributed by atoms with Crippen molar-refractivity contribution in [1.82, 2.24) is 9.78 Å². The van der Waals surface area contributed by atoms with Crippen LogP contribution in [0.5, 0.6) is 0 Å². The number of aromatic nitrogens is 2. The molecule has 3 rings (SSSR count). The molecule has 0 radical (unpaired) electrons. The van der Waals surface area contributed by atoms with Gasteiger partial charge in [-0.15, -0.1) is 0 Å². The van der Waals surface area contributed by atoms with Crippen molar-refractivity contribution in [3.63, 3.8) is 0 Å². The van der Waals surface area contributed by atoms with E-state index in [4.69, 9.17) is 0 Å². The van der Waals surface area contributed by atoms with Gasteiger partial charge in [0.2, 0.25) is 0 Å². The van der Waals surface area contributed by atoms with Crippen molar-refractivity contribution in [1.29, 1.82) is 0 Å². The maximum Gasteiger partial charge on any atom is 0.255 e. The van der Waals surface area contributed by atoms with Crippen molar-refractivity contribution in [2.24, 2.45) is 0 Å². The Morgan fingerprint density at radius 1 is 1.09 bits per heavy atom. The molecule has 1 heterocycles. The van der Waals surface area contributed by atoms with E-state index in [1.54, 1.807) is 23.0 Å². The number of carbonyl (C=O) groups is 1. The van der Waals surface area contributed by atoms with E-state index in [-0.39, 0.29) is 5.91 Å². The zero-order chi connectivity index (χ0) is 16.1. The van der Waals surface area contributed by atoms with E-state index in [0.717, 1.165) is 24.2 Å². The van der Waals surface area contributed by atoms with E-state index in [0.29, 0.717) is 5.56 Å². The number of hydrogen-bond donors (Lipinski definition) is 1. The number of aryl methyl sites for hydroxylation is 1. The Hall–Kier alpha value is -2.88. The summed E-state index contributed by atoms with van der Waals surface area (Å²) in [4.78, 5) is 12.3. The van der Waals surface area contributed by atoms with Gasteiger partial charge in [0.1, 0.15) is 0 Å². The minimum absolute atomic E-state index is 0.111. The van der Waals surface area contributed by atoms with Crippen LogP contribution >= 0.6 is 0 Å². The molecule has 0 bridgehead atoms. The number of nitrogens with one attached hydrogen (secondary N) is 1. The molecule has 0 fully saturated rings. The fourth-order valence-electron chi connectivity index (χ4n) is 2.43. The van der Waals surface area contributed by atoms with Crippen LogP contribution in [0.1, 0.15) is 29.3 Å². The molecule has 0 atom stereocenters. The Kier molecular flexibility index (Phi) is 4.52. The van der Waals surface area contributed by atoms with Crippen molar-refractivity contribution < 1.29 is 4.79 Å². The molecule has 0 aliphatic carbocycles. The highest BCUT2D eigenvalue weighted by molar-refractivity contribution is 6.04. The average molecular weight is 305 g/mol. The number of benzene rings is 2. The van der Waals surface area contributed by atoms with Gasteiger partial charge < -0.3 is 5.32 Å². The minimum atomic E-state index is -0.111. The molecule has 4 nitrogen and oxygen atoms in total. The van der Waals surface area contributed by atoms with Gasteiger partial charge in [-0.1, -0.05) is 25.5 Å². The number of hydrogen-bond acceptors (Lipinski definition) is 2. The smallest absolute Gasteiger partial charge is 0.255 e. The van der Waals surface area contributed by atoms with Crippen molar-refractivity contribution in [3.8, 4) is 5.69 Å². The number of rotatable bonds is 5. The molecule has 1 aromatic heterocycles. The fourth-order valence-corrected chi connectivity index (χ4v) is 2.43. The number of amides is 1. The Labute approximate surface area is 135 Å². The van der Waals surface area contributed by atoms with E-state index < -0.39 is 0 Å². The quantitative estimate of drug-likeness (QED) is 0.772. The SMILES string of the molecule is CCCc1ccc(NC(=O)c2ccc(-n3cccn3)cc2)cc1. The van der Waals surface area contributed by atoms with E-state index in [1.165, 1.54) is 5.56 Å². The molecular formula is C19H19N3O. The van der Waals surface area contributed by atoms with Gasteiger partial charge in [-0.05, 0) is 54.4 Å². The van der Waals surface area contributed by atoms with Crippen molar-refractivity contribution in [2.75, 3.05) is 5.32 Å². The van der Waals surface area contributed by atoms with Crippen LogP contribution in [0.2, 0.25) is 0 Å². The molecule has 0 aliphatic rings. The summed E-state index contributed by atoms with van der Waals surface area (Å²) in [6.07, 6.45) is 5.77. The van der Waals surface area contributed by atoms with Gasteiger partial charge >= 0.3 is 0 Å². The van der Waals surface area contributed by atoms with Crippen LogP contribution in [-0.4, -0.2) is 15.7 Å². The van der Waals surface area contributed by atoms with Gasteiger partial charge in [-0.3, -0.25) is 4.79 Å². The summed E-state index contributed by atoms with van der Waals surface area (Å²) in [6.45, 7) is 2.16. The number of nitrogens with zero attached hydrogens (tertiary/aromatic N) is 2. The van der Waals surface area contributed by atoms with Crippen LogP contribution in [0.3, 0.4) is 0 Å². The van der Waals surface area contributed by atoms with Gasteiger partial charge in [0, 0.05) is 23.6 Å². The molecule has 0 spiro atoms. The van der Waals surface area contributed by atoms with Gasteiger partial charge in [-0.2, -0.15) is 5.10 Å². The molecule has 0 saturated heterocycles. The number of carbonyl (C=O) groups excluding carboxylic acids is 1. The van der Waals surface area contributed by atoms with E-state index >= 15 is 0 Å². The van der Waals surface area contributed by atoms with Crippen LogP contribution < -0.4 is 5.32 Å². The molecule has 3 aromatic rings. The van der Waals surface area contributed by atoms with E-state index in [1.807, 2.05) is 36.5 Å².